The quantitative estimate of drug-likeness (QED) is 0.313. The minimum absolute atomic E-state index is 0.00921. The minimum Gasteiger partial charge on any atom is -0.481 e. The molecule has 0 radical (unpaired) electrons. The maximum absolute atomic E-state index is 10.5. The van der Waals surface area contributed by atoms with Crippen molar-refractivity contribution in [1.29, 1.82) is 0 Å². The second kappa shape index (κ2) is 15.3. The number of carboxylic acid groups (broad SMARTS) is 2. The van der Waals surface area contributed by atoms with Gasteiger partial charge in [-0.3, -0.25) is 14.4 Å². The zero-order valence-corrected chi connectivity index (χ0v) is 21.1. The van der Waals surface area contributed by atoms with Crippen molar-refractivity contribution in [3.8, 4) is 0 Å². The molecule has 2 saturated heterocycles. The molecule has 7 heteroatoms. The first-order chi connectivity index (χ1) is 14.8. The number of esters is 1. The summed E-state index contributed by atoms with van der Waals surface area (Å²) in [6.07, 6.45) is 9.84. The van der Waals surface area contributed by atoms with Crippen LogP contribution in [0.1, 0.15) is 112 Å². The van der Waals surface area contributed by atoms with E-state index in [1.807, 2.05) is 13.8 Å². The molecule has 2 aliphatic heterocycles. The van der Waals surface area contributed by atoms with E-state index in [2.05, 4.69) is 25.5 Å². The third-order valence-electron chi connectivity index (χ3n) is 6.08. The van der Waals surface area contributed by atoms with Crippen LogP contribution in [0.25, 0.3) is 0 Å². The second-order valence-corrected chi connectivity index (χ2v) is 9.89. The summed E-state index contributed by atoms with van der Waals surface area (Å²) in [5.74, 6) is -0.803. The van der Waals surface area contributed by atoms with Gasteiger partial charge in [0, 0.05) is 12.8 Å². The van der Waals surface area contributed by atoms with Gasteiger partial charge in [-0.05, 0) is 72.1 Å². The highest BCUT2D eigenvalue weighted by atomic mass is 16.5. The molecular formula is C25H46O7. The van der Waals surface area contributed by atoms with Gasteiger partial charge in [-0.2, -0.15) is 0 Å². The van der Waals surface area contributed by atoms with Gasteiger partial charge >= 0.3 is 17.9 Å². The minimum atomic E-state index is -0.759. The number of ether oxygens (including phenoxy) is 2. The fourth-order valence-electron chi connectivity index (χ4n) is 4.14. The van der Waals surface area contributed by atoms with Crippen LogP contribution in [0.3, 0.4) is 0 Å². The van der Waals surface area contributed by atoms with E-state index < -0.39 is 11.9 Å². The Labute approximate surface area is 194 Å². The van der Waals surface area contributed by atoms with E-state index in [1.165, 1.54) is 25.7 Å². The van der Waals surface area contributed by atoms with Crippen LogP contribution < -0.4 is 0 Å². The zero-order valence-electron chi connectivity index (χ0n) is 21.1. The summed E-state index contributed by atoms with van der Waals surface area (Å²) in [7, 11) is 0. The lowest BCUT2D eigenvalue weighted by molar-refractivity contribution is -0.229. The summed E-state index contributed by atoms with van der Waals surface area (Å²) in [6, 6.07) is 0. The molecule has 2 heterocycles. The Morgan fingerprint density at radius 2 is 1.34 bits per heavy atom. The van der Waals surface area contributed by atoms with E-state index in [0.29, 0.717) is 19.4 Å². The fraction of sp³-hybridized carbons (Fsp3) is 0.880. The summed E-state index contributed by atoms with van der Waals surface area (Å²) in [6.45, 7) is 12.7. The first-order valence-corrected chi connectivity index (χ1v) is 12.1. The van der Waals surface area contributed by atoms with Gasteiger partial charge in [-0.25, -0.2) is 0 Å². The van der Waals surface area contributed by atoms with Crippen molar-refractivity contribution in [1.82, 2.24) is 0 Å². The van der Waals surface area contributed by atoms with Crippen molar-refractivity contribution in [2.75, 3.05) is 6.61 Å². The molecule has 0 atom stereocenters. The summed E-state index contributed by atoms with van der Waals surface area (Å²) in [5.41, 5.74) is 0.378. The molecule has 1 aliphatic carbocycles. The molecule has 7 nitrogen and oxygen atoms in total. The number of carbonyl (C=O) groups excluding carboxylic acids is 1. The number of aliphatic carboxylic acids is 2. The molecule has 1 saturated carbocycles. The fourth-order valence-corrected chi connectivity index (χ4v) is 4.14. The maximum atomic E-state index is 10.5. The Morgan fingerprint density at radius 1 is 0.906 bits per heavy atom. The Bertz CT molecular complexity index is 540. The molecule has 0 aromatic rings. The first-order valence-electron chi connectivity index (χ1n) is 12.1. The molecule has 0 aromatic heterocycles. The van der Waals surface area contributed by atoms with Crippen molar-refractivity contribution in [3.63, 3.8) is 0 Å². The van der Waals surface area contributed by atoms with Gasteiger partial charge < -0.3 is 19.7 Å². The molecule has 3 fully saturated rings. The highest BCUT2D eigenvalue weighted by Crippen LogP contribution is 2.49. The molecule has 2 N–H and O–H groups in total. The molecule has 32 heavy (non-hydrogen) atoms. The van der Waals surface area contributed by atoms with E-state index in [4.69, 9.17) is 14.9 Å². The van der Waals surface area contributed by atoms with Crippen molar-refractivity contribution < 1.29 is 34.1 Å². The predicted molar refractivity (Wildman–Crippen MR) is 125 cm³/mol. The number of fused-ring (bicyclic) bond motifs is 3. The number of hydrogen-bond acceptors (Lipinski definition) is 5. The second-order valence-electron chi connectivity index (χ2n) is 9.89. The predicted octanol–water partition coefficient (Wildman–Crippen LogP) is 5.84. The number of unbranched alkanes of at least 4 members (excludes halogenated alkanes) is 4. The molecule has 0 aromatic carbocycles. The Hall–Kier alpha value is -1.63. The average Bonchev–Trinajstić information content (AvgIpc) is 2.67. The topological polar surface area (TPSA) is 110 Å². The monoisotopic (exact) mass is 458 g/mol. The van der Waals surface area contributed by atoms with Crippen LogP contribution in [-0.4, -0.2) is 45.9 Å². The van der Waals surface area contributed by atoms with Gasteiger partial charge in [0.15, 0.2) is 0 Å². The molecule has 188 valence electrons. The van der Waals surface area contributed by atoms with E-state index in [1.54, 1.807) is 6.92 Å². The molecule has 3 rings (SSSR count). The first kappa shape index (κ1) is 30.4. The number of carboxylic acids is 2. The van der Waals surface area contributed by atoms with Crippen molar-refractivity contribution in [2.45, 2.75) is 123 Å². The summed E-state index contributed by atoms with van der Waals surface area (Å²) >= 11 is 0. The van der Waals surface area contributed by atoms with Crippen LogP contribution in [0.4, 0.5) is 0 Å². The van der Waals surface area contributed by atoms with Crippen LogP contribution in [0, 0.1) is 11.8 Å². The van der Waals surface area contributed by atoms with Crippen LogP contribution in [0.5, 0.6) is 0 Å². The van der Waals surface area contributed by atoms with Crippen LogP contribution in [0.2, 0.25) is 0 Å². The Morgan fingerprint density at radius 3 is 1.59 bits per heavy atom. The number of rotatable bonds is 10. The van der Waals surface area contributed by atoms with Gasteiger partial charge in [0.05, 0.1) is 23.7 Å². The number of carbonyl (C=O) groups is 3. The lowest BCUT2D eigenvalue weighted by Crippen LogP contribution is -2.53. The van der Waals surface area contributed by atoms with Crippen molar-refractivity contribution in [3.05, 3.63) is 0 Å². The van der Waals surface area contributed by atoms with E-state index in [-0.39, 0.29) is 35.9 Å². The highest BCUT2D eigenvalue weighted by molar-refractivity contribution is 5.71. The Kier molecular flexibility index (Phi) is 14.5. The zero-order chi connectivity index (χ0) is 24.8. The van der Waals surface area contributed by atoms with Crippen molar-refractivity contribution >= 4 is 17.9 Å². The van der Waals surface area contributed by atoms with Gasteiger partial charge in [-0.1, -0.05) is 33.1 Å². The van der Waals surface area contributed by atoms with E-state index in [9.17, 15) is 14.4 Å². The molecule has 0 amide bonds. The van der Waals surface area contributed by atoms with Gasteiger partial charge in [-0.15, -0.1) is 0 Å². The van der Waals surface area contributed by atoms with Crippen LogP contribution >= 0.6 is 0 Å². The van der Waals surface area contributed by atoms with Gasteiger partial charge in [0.1, 0.15) is 0 Å². The molecule has 0 unspecified atom stereocenters. The molecular weight excluding hydrogens is 412 g/mol. The smallest absolute Gasteiger partial charge is 0.308 e. The van der Waals surface area contributed by atoms with Crippen LogP contribution in [-0.2, 0) is 23.9 Å². The van der Waals surface area contributed by atoms with Gasteiger partial charge in [0.25, 0.3) is 0 Å². The summed E-state index contributed by atoms with van der Waals surface area (Å²) in [5, 5.41) is 16.6. The third-order valence-corrected chi connectivity index (χ3v) is 6.08. The third kappa shape index (κ3) is 13.7. The van der Waals surface area contributed by atoms with E-state index >= 15 is 0 Å². The standard InChI is InChI=1S/C10H18O.C9H16O4.C6H12O2/c1-9(2)8-4-6-10(3,11-9)7-5-8;10-8(11)6-4-2-1-3-5-7-9(12)13;1-4-8-6(7)5(2)3/h8H,4-7H2,1-3H3;1-7H2,(H,10,11)(H,12,13);5H,4H2,1-3H3. The molecule has 3 aliphatic rings. The summed E-state index contributed by atoms with van der Waals surface area (Å²) in [4.78, 5) is 30.7. The van der Waals surface area contributed by atoms with E-state index in [0.717, 1.165) is 25.2 Å². The largest absolute Gasteiger partial charge is 0.481 e. The maximum Gasteiger partial charge on any atom is 0.308 e. The van der Waals surface area contributed by atoms with Crippen molar-refractivity contribution in [2.24, 2.45) is 11.8 Å². The SMILES string of the molecule is CC12CCC(CC1)C(C)(C)O2.CCOC(=O)C(C)C.O=C(O)CCCCCCCC(=O)O. The lowest BCUT2D eigenvalue weighted by Gasteiger charge is -2.54. The highest BCUT2D eigenvalue weighted by Gasteiger charge is 2.48. The number of hydrogen-bond donors (Lipinski definition) is 2. The molecule has 2 bridgehead atoms. The molecule has 0 spiro atoms. The normalized spacial score (nSPS) is 22.8. The lowest BCUT2D eigenvalue weighted by atomic mass is 9.69. The Balaban J connectivity index is 0.000000463. The average molecular weight is 459 g/mol. The van der Waals surface area contributed by atoms with Gasteiger partial charge in [0.2, 0.25) is 0 Å². The summed E-state index contributed by atoms with van der Waals surface area (Å²) < 4.78 is 10.7. The van der Waals surface area contributed by atoms with Crippen LogP contribution in [0.15, 0.2) is 0 Å².